The van der Waals surface area contributed by atoms with E-state index in [0.29, 0.717) is 30.6 Å². The molecule has 4 heteroatoms. The number of hydrogen-bond acceptors (Lipinski definition) is 3. The van der Waals surface area contributed by atoms with Crippen LogP contribution in [-0.2, 0) is 14.3 Å². The Morgan fingerprint density at radius 2 is 2.11 bits per heavy atom. The molecule has 4 rings (SSSR count). The molecule has 4 aliphatic rings. The molecule has 4 nitrogen and oxygen atoms in total. The average molecular weight is 265 g/mol. The highest BCUT2D eigenvalue weighted by atomic mass is 16.5. The predicted molar refractivity (Wildman–Crippen MR) is 69.6 cm³/mol. The number of amides is 1. The van der Waals surface area contributed by atoms with Gasteiger partial charge in [-0.3, -0.25) is 4.79 Å². The second-order valence-corrected chi connectivity index (χ2v) is 6.70. The molecular weight excluding hydrogens is 242 g/mol. The van der Waals surface area contributed by atoms with Gasteiger partial charge in [-0.25, -0.2) is 0 Å². The topological polar surface area (TPSA) is 38.8 Å². The summed E-state index contributed by atoms with van der Waals surface area (Å²) in [5.41, 5.74) is 0. The minimum atomic E-state index is 0.114. The number of rotatable bonds is 4. The van der Waals surface area contributed by atoms with Gasteiger partial charge >= 0.3 is 0 Å². The lowest BCUT2D eigenvalue weighted by Gasteiger charge is -2.29. The number of hydrogen-bond donors (Lipinski definition) is 0. The molecular formula is C15H23NO3. The number of likely N-dealkylation sites (tertiary alicyclic amines) is 1. The zero-order chi connectivity index (χ0) is 12.8. The van der Waals surface area contributed by atoms with E-state index in [4.69, 9.17) is 9.47 Å². The monoisotopic (exact) mass is 265 g/mol. The number of carbonyl (C=O) groups is 1. The van der Waals surface area contributed by atoms with E-state index >= 15 is 0 Å². The average Bonchev–Trinajstić information content (AvgIpc) is 2.89. The van der Waals surface area contributed by atoms with Gasteiger partial charge in [0.2, 0.25) is 5.91 Å². The highest BCUT2D eigenvalue weighted by molar-refractivity contribution is 5.80. The van der Waals surface area contributed by atoms with Crippen molar-refractivity contribution in [2.75, 3.05) is 26.4 Å². The first-order chi connectivity index (χ1) is 9.33. The van der Waals surface area contributed by atoms with Gasteiger partial charge in [0.15, 0.2) is 0 Å². The Labute approximate surface area is 114 Å². The standard InChI is InChI=1S/C15H23NO3/c17-15(12-5-6-18-9-12)16-7-11-3-4-13(16)14(11)19-8-10-1-2-10/h10-14H,1-9H2. The van der Waals surface area contributed by atoms with Gasteiger partial charge in [0.1, 0.15) is 0 Å². The minimum absolute atomic E-state index is 0.114. The molecule has 0 aromatic carbocycles. The first-order valence-electron chi connectivity index (χ1n) is 7.83. The summed E-state index contributed by atoms with van der Waals surface area (Å²) in [5.74, 6) is 1.84. The summed E-state index contributed by atoms with van der Waals surface area (Å²) in [6, 6.07) is 0.358. The normalized spacial score (nSPS) is 41.2. The molecule has 4 fully saturated rings. The van der Waals surface area contributed by atoms with Crippen LogP contribution < -0.4 is 0 Å². The van der Waals surface area contributed by atoms with Crippen LogP contribution in [0.15, 0.2) is 0 Å². The van der Waals surface area contributed by atoms with Crippen LogP contribution in [0.4, 0.5) is 0 Å². The summed E-state index contributed by atoms with van der Waals surface area (Å²) in [7, 11) is 0. The van der Waals surface area contributed by atoms with Crippen LogP contribution >= 0.6 is 0 Å². The van der Waals surface area contributed by atoms with E-state index in [1.54, 1.807) is 0 Å². The van der Waals surface area contributed by atoms with Crippen LogP contribution in [0.2, 0.25) is 0 Å². The molecule has 2 aliphatic heterocycles. The van der Waals surface area contributed by atoms with Crippen LogP contribution in [0.1, 0.15) is 32.1 Å². The number of fused-ring (bicyclic) bond motifs is 2. The molecule has 0 spiro atoms. The van der Waals surface area contributed by atoms with Crippen LogP contribution in [0, 0.1) is 17.8 Å². The van der Waals surface area contributed by atoms with Crippen molar-refractivity contribution < 1.29 is 14.3 Å². The molecule has 2 saturated carbocycles. The molecule has 19 heavy (non-hydrogen) atoms. The van der Waals surface area contributed by atoms with Gasteiger partial charge in [-0.15, -0.1) is 0 Å². The molecule has 106 valence electrons. The molecule has 4 unspecified atom stereocenters. The Morgan fingerprint density at radius 3 is 2.84 bits per heavy atom. The van der Waals surface area contributed by atoms with Crippen molar-refractivity contribution in [3.8, 4) is 0 Å². The van der Waals surface area contributed by atoms with E-state index < -0.39 is 0 Å². The highest BCUT2D eigenvalue weighted by Gasteiger charge is 2.50. The summed E-state index contributed by atoms with van der Waals surface area (Å²) >= 11 is 0. The Balaban J connectivity index is 1.39. The fourth-order valence-electron chi connectivity index (χ4n) is 3.94. The zero-order valence-corrected chi connectivity index (χ0v) is 11.4. The van der Waals surface area contributed by atoms with E-state index in [1.165, 1.54) is 19.3 Å². The molecule has 2 aliphatic carbocycles. The molecule has 2 bridgehead atoms. The van der Waals surface area contributed by atoms with Crippen molar-refractivity contribution in [1.29, 1.82) is 0 Å². The van der Waals surface area contributed by atoms with E-state index in [1.807, 2.05) is 0 Å². The molecule has 0 N–H and O–H groups in total. The molecule has 0 radical (unpaired) electrons. The smallest absolute Gasteiger partial charge is 0.228 e. The number of nitrogens with zero attached hydrogens (tertiary/aromatic N) is 1. The SMILES string of the molecule is O=C(C1CCOC1)N1CC2CCC1C2OCC1CC1. The lowest BCUT2D eigenvalue weighted by Crippen LogP contribution is -2.43. The van der Waals surface area contributed by atoms with Crippen LogP contribution in [0.5, 0.6) is 0 Å². The fourth-order valence-corrected chi connectivity index (χ4v) is 3.94. The van der Waals surface area contributed by atoms with Crippen molar-refractivity contribution in [2.45, 2.75) is 44.2 Å². The van der Waals surface area contributed by atoms with Gasteiger partial charge in [0.25, 0.3) is 0 Å². The van der Waals surface area contributed by atoms with Crippen molar-refractivity contribution in [2.24, 2.45) is 17.8 Å². The molecule has 2 saturated heterocycles. The molecule has 1 amide bonds. The Bertz CT molecular complexity index is 362. The Hall–Kier alpha value is -0.610. The number of carbonyl (C=O) groups excluding carboxylic acids is 1. The van der Waals surface area contributed by atoms with Gasteiger partial charge in [-0.2, -0.15) is 0 Å². The fraction of sp³-hybridized carbons (Fsp3) is 0.933. The van der Waals surface area contributed by atoms with Crippen LogP contribution in [0.3, 0.4) is 0 Å². The Kier molecular flexibility index (Phi) is 3.03. The van der Waals surface area contributed by atoms with Crippen molar-refractivity contribution in [3.05, 3.63) is 0 Å². The third-order valence-electron chi connectivity index (χ3n) is 5.29. The quantitative estimate of drug-likeness (QED) is 0.772. The van der Waals surface area contributed by atoms with Crippen molar-refractivity contribution in [3.63, 3.8) is 0 Å². The molecule has 0 aromatic rings. The molecule has 2 heterocycles. The summed E-state index contributed by atoms with van der Waals surface area (Å²) in [6.07, 6.45) is 6.28. The lowest BCUT2D eigenvalue weighted by molar-refractivity contribution is -0.138. The van der Waals surface area contributed by atoms with E-state index in [-0.39, 0.29) is 5.92 Å². The summed E-state index contributed by atoms with van der Waals surface area (Å²) in [5, 5.41) is 0. The van der Waals surface area contributed by atoms with E-state index in [9.17, 15) is 4.79 Å². The first-order valence-corrected chi connectivity index (χ1v) is 7.83. The first kappa shape index (κ1) is 12.2. The maximum Gasteiger partial charge on any atom is 0.228 e. The van der Waals surface area contributed by atoms with Gasteiger partial charge in [-0.05, 0) is 38.0 Å². The van der Waals surface area contributed by atoms with Crippen LogP contribution in [0.25, 0.3) is 0 Å². The lowest BCUT2D eigenvalue weighted by atomic mass is 10.0. The van der Waals surface area contributed by atoms with Gasteiger partial charge in [0, 0.05) is 25.7 Å². The maximum atomic E-state index is 12.5. The van der Waals surface area contributed by atoms with Crippen molar-refractivity contribution in [1.82, 2.24) is 4.90 Å². The second-order valence-electron chi connectivity index (χ2n) is 6.70. The minimum Gasteiger partial charge on any atom is -0.381 e. The Morgan fingerprint density at radius 1 is 1.21 bits per heavy atom. The predicted octanol–water partition coefficient (Wildman–Crippen LogP) is 1.44. The van der Waals surface area contributed by atoms with Gasteiger partial charge in [0.05, 0.1) is 24.7 Å². The molecule has 4 atom stereocenters. The van der Waals surface area contributed by atoms with E-state index in [2.05, 4.69) is 4.90 Å². The van der Waals surface area contributed by atoms with Crippen molar-refractivity contribution >= 4 is 5.91 Å². The third kappa shape index (κ3) is 2.19. The molecule has 0 aromatic heterocycles. The maximum absolute atomic E-state index is 12.5. The summed E-state index contributed by atoms with van der Waals surface area (Å²) in [6.45, 7) is 3.22. The zero-order valence-electron chi connectivity index (χ0n) is 11.4. The third-order valence-corrected chi connectivity index (χ3v) is 5.29. The van der Waals surface area contributed by atoms with Crippen LogP contribution in [-0.4, -0.2) is 49.3 Å². The summed E-state index contributed by atoms with van der Waals surface area (Å²) < 4.78 is 11.5. The highest BCUT2D eigenvalue weighted by Crippen LogP contribution is 2.42. The van der Waals surface area contributed by atoms with E-state index in [0.717, 1.165) is 38.5 Å². The largest absolute Gasteiger partial charge is 0.381 e. The number of ether oxygens (including phenoxy) is 2. The number of piperidine rings is 1. The van der Waals surface area contributed by atoms with Gasteiger partial charge in [-0.1, -0.05) is 0 Å². The summed E-state index contributed by atoms with van der Waals surface area (Å²) in [4.78, 5) is 14.6. The second kappa shape index (κ2) is 4.74. The van der Waals surface area contributed by atoms with Gasteiger partial charge < -0.3 is 14.4 Å².